The van der Waals surface area contributed by atoms with Gasteiger partial charge in [-0.25, -0.2) is 0 Å². The van der Waals surface area contributed by atoms with Gasteiger partial charge in [0.2, 0.25) is 0 Å². The number of nitrogens with one attached hydrogen (secondary N) is 1. The van der Waals surface area contributed by atoms with Crippen molar-refractivity contribution in [1.82, 2.24) is 5.32 Å². The Morgan fingerprint density at radius 2 is 2.00 bits per heavy atom. The van der Waals surface area contributed by atoms with E-state index in [9.17, 15) is 14.9 Å². The van der Waals surface area contributed by atoms with Gasteiger partial charge in [-0.3, -0.25) is 14.9 Å². The molecule has 0 atom stereocenters. The van der Waals surface area contributed by atoms with Gasteiger partial charge in [0.05, 0.1) is 18.6 Å². The van der Waals surface area contributed by atoms with Gasteiger partial charge >= 0.3 is 5.69 Å². The highest BCUT2D eigenvalue weighted by atomic mass is 16.6. The third-order valence-electron chi connectivity index (χ3n) is 2.98. The van der Waals surface area contributed by atoms with E-state index >= 15 is 0 Å². The maximum atomic E-state index is 12.0. The fourth-order valence-corrected chi connectivity index (χ4v) is 1.87. The lowest BCUT2D eigenvalue weighted by Gasteiger charge is -2.04. The third kappa shape index (κ3) is 4.32. The highest BCUT2D eigenvalue weighted by Gasteiger charge is 2.17. The largest absolute Gasteiger partial charge is 0.490 e. The molecule has 2 rings (SSSR count). The molecule has 0 spiro atoms. The zero-order valence-electron chi connectivity index (χ0n) is 12.4. The molecule has 2 aromatic rings. The molecule has 23 heavy (non-hydrogen) atoms. The van der Waals surface area contributed by atoms with Crippen molar-refractivity contribution < 1.29 is 14.5 Å². The number of benzene rings is 2. The van der Waals surface area contributed by atoms with Gasteiger partial charge in [0.1, 0.15) is 0 Å². The van der Waals surface area contributed by atoms with Gasteiger partial charge in [-0.2, -0.15) is 0 Å². The fourth-order valence-electron chi connectivity index (χ4n) is 1.87. The number of ether oxygens (including phenoxy) is 1. The Labute approximate surface area is 133 Å². The minimum Gasteiger partial charge on any atom is -0.490 e. The summed E-state index contributed by atoms with van der Waals surface area (Å²) in [5.74, 6) is 5.40. The number of nitrogens with zero attached hydrogens (tertiary/aromatic N) is 1. The molecule has 0 aliphatic rings. The van der Waals surface area contributed by atoms with Crippen molar-refractivity contribution in [2.24, 2.45) is 0 Å². The van der Waals surface area contributed by atoms with E-state index in [2.05, 4.69) is 17.2 Å². The number of methoxy groups -OCH3 is 1. The lowest BCUT2D eigenvalue weighted by Crippen LogP contribution is -2.23. The summed E-state index contributed by atoms with van der Waals surface area (Å²) in [5.41, 5.74) is 0.774. The molecule has 0 bridgehead atoms. The van der Waals surface area contributed by atoms with Gasteiger partial charge in [-0.05, 0) is 24.3 Å². The lowest BCUT2D eigenvalue weighted by atomic mass is 10.1. The van der Waals surface area contributed by atoms with Crippen molar-refractivity contribution in [3.05, 3.63) is 69.8 Å². The van der Waals surface area contributed by atoms with E-state index in [0.29, 0.717) is 0 Å². The number of nitro benzene ring substituents is 1. The van der Waals surface area contributed by atoms with E-state index in [1.807, 2.05) is 30.3 Å². The molecule has 1 N–H and O–H groups in total. The van der Waals surface area contributed by atoms with Crippen molar-refractivity contribution in [2.75, 3.05) is 13.7 Å². The Bertz CT molecular complexity index is 776. The van der Waals surface area contributed by atoms with Gasteiger partial charge in [-0.15, -0.1) is 0 Å². The topological polar surface area (TPSA) is 81.5 Å². The fraction of sp³-hybridized carbons (Fsp3) is 0.118. The highest BCUT2D eigenvalue weighted by Crippen LogP contribution is 2.27. The van der Waals surface area contributed by atoms with Crippen molar-refractivity contribution >= 4 is 11.6 Å². The van der Waals surface area contributed by atoms with E-state index < -0.39 is 10.8 Å². The van der Waals surface area contributed by atoms with Crippen LogP contribution in [0.1, 0.15) is 15.9 Å². The van der Waals surface area contributed by atoms with E-state index in [0.717, 1.165) is 5.56 Å². The number of carbonyl (C=O) groups is 1. The van der Waals surface area contributed by atoms with Crippen LogP contribution in [0.4, 0.5) is 5.69 Å². The smallest absolute Gasteiger partial charge is 0.311 e. The van der Waals surface area contributed by atoms with Crippen molar-refractivity contribution in [3.63, 3.8) is 0 Å². The molecule has 0 aromatic heterocycles. The Kier molecular flexibility index (Phi) is 5.31. The molecule has 0 radical (unpaired) electrons. The van der Waals surface area contributed by atoms with Crippen LogP contribution in [-0.2, 0) is 0 Å². The summed E-state index contributed by atoms with van der Waals surface area (Å²) in [6.45, 7) is 0.146. The second-order valence-electron chi connectivity index (χ2n) is 4.49. The van der Waals surface area contributed by atoms with Crippen LogP contribution in [0.2, 0.25) is 0 Å². The molecule has 0 heterocycles. The summed E-state index contributed by atoms with van der Waals surface area (Å²) in [6, 6.07) is 13.4. The summed E-state index contributed by atoms with van der Waals surface area (Å²) in [7, 11) is 1.33. The van der Waals surface area contributed by atoms with Crippen molar-refractivity contribution in [2.45, 2.75) is 0 Å². The number of carbonyl (C=O) groups excluding carboxylic acids is 1. The van der Waals surface area contributed by atoms with E-state index in [1.54, 1.807) is 0 Å². The van der Waals surface area contributed by atoms with Gasteiger partial charge < -0.3 is 10.1 Å². The van der Waals surface area contributed by atoms with Crippen LogP contribution in [0.25, 0.3) is 0 Å². The van der Waals surface area contributed by atoms with Gasteiger partial charge in [0.15, 0.2) is 5.75 Å². The lowest BCUT2D eigenvalue weighted by molar-refractivity contribution is -0.385. The zero-order valence-corrected chi connectivity index (χ0v) is 12.4. The number of hydrogen-bond acceptors (Lipinski definition) is 4. The van der Waals surface area contributed by atoms with E-state index in [-0.39, 0.29) is 23.5 Å². The molecule has 2 aromatic carbocycles. The summed E-state index contributed by atoms with van der Waals surface area (Å²) >= 11 is 0. The summed E-state index contributed by atoms with van der Waals surface area (Å²) in [5, 5.41) is 13.5. The monoisotopic (exact) mass is 310 g/mol. The normalized spacial score (nSPS) is 9.43. The predicted molar refractivity (Wildman–Crippen MR) is 85.3 cm³/mol. The van der Waals surface area contributed by atoms with Crippen LogP contribution < -0.4 is 10.1 Å². The van der Waals surface area contributed by atoms with Gasteiger partial charge in [-0.1, -0.05) is 30.0 Å². The van der Waals surface area contributed by atoms with E-state index in [1.165, 1.54) is 25.3 Å². The first kappa shape index (κ1) is 16.0. The maximum absolute atomic E-state index is 12.0. The first-order chi connectivity index (χ1) is 11.1. The minimum atomic E-state index is -0.592. The quantitative estimate of drug-likeness (QED) is 0.534. The molecule has 0 aliphatic heterocycles. The first-order valence-corrected chi connectivity index (χ1v) is 6.76. The molecule has 0 unspecified atom stereocenters. The van der Waals surface area contributed by atoms with Crippen molar-refractivity contribution in [1.29, 1.82) is 0 Å². The molecule has 0 aliphatic carbocycles. The van der Waals surface area contributed by atoms with Crippen LogP contribution >= 0.6 is 0 Å². The van der Waals surface area contributed by atoms with Crippen LogP contribution in [-0.4, -0.2) is 24.5 Å². The molecule has 0 fully saturated rings. The molecule has 116 valence electrons. The van der Waals surface area contributed by atoms with Crippen molar-refractivity contribution in [3.8, 4) is 17.6 Å². The Balaban J connectivity index is 2.03. The molecular weight excluding hydrogens is 296 g/mol. The molecule has 6 heteroatoms. The number of rotatable bonds is 4. The second-order valence-corrected chi connectivity index (χ2v) is 4.49. The molecule has 0 saturated heterocycles. The Morgan fingerprint density at radius 1 is 1.26 bits per heavy atom. The Hall–Kier alpha value is -3.33. The van der Waals surface area contributed by atoms with Gasteiger partial charge in [0.25, 0.3) is 5.91 Å². The van der Waals surface area contributed by atoms with Crippen LogP contribution in [0.15, 0.2) is 48.5 Å². The average Bonchev–Trinajstić information content (AvgIpc) is 2.58. The molecule has 6 nitrogen and oxygen atoms in total. The number of amides is 1. The number of nitro groups is 1. The maximum Gasteiger partial charge on any atom is 0.311 e. The zero-order chi connectivity index (χ0) is 16.7. The minimum absolute atomic E-state index is 0.107. The summed E-state index contributed by atoms with van der Waals surface area (Å²) in [6.07, 6.45) is 0. The second kappa shape index (κ2) is 7.61. The molecular formula is C17H14N2O4. The summed E-state index contributed by atoms with van der Waals surface area (Å²) in [4.78, 5) is 22.3. The molecule has 1 amide bonds. The van der Waals surface area contributed by atoms with Crippen LogP contribution in [0, 0.1) is 22.0 Å². The highest BCUT2D eigenvalue weighted by molar-refractivity contribution is 5.95. The SMILES string of the molecule is COc1ccc(C(=O)NCC#Cc2ccccc2)cc1[N+](=O)[O-]. The average molecular weight is 310 g/mol. The first-order valence-electron chi connectivity index (χ1n) is 6.76. The van der Waals surface area contributed by atoms with Gasteiger partial charge in [0, 0.05) is 17.2 Å². The molecule has 0 saturated carbocycles. The Morgan fingerprint density at radius 3 is 2.65 bits per heavy atom. The van der Waals surface area contributed by atoms with Crippen LogP contribution in [0.5, 0.6) is 5.75 Å². The van der Waals surface area contributed by atoms with E-state index in [4.69, 9.17) is 4.74 Å². The number of hydrogen-bond donors (Lipinski definition) is 1. The third-order valence-corrected chi connectivity index (χ3v) is 2.98. The predicted octanol–water partition coefficient (Wildman–Crippen LogP) is 2.38. The standard InChI is InChI=1S/C17H14N2O4/c1-23-16-10-9-14(12-15(16)19(21)22)17(20)18-11-5-8-13-6-3-2-4-7-13/h2-4,6-7,9-10,12H,11H2,1H3,(H,18,20). The van der Waals surface area contributed by atoms with Crippen LogP contribution in [0.3, 0.4) is 0 Å². The summed E-state index contributed by atoms with van der Waals surface area (Å²) < 4.78 is 4.89.